The van der Waals surface area contributed by atoms with Crippen molar-refractivity contribution < 1.29 is 14.6 Å². The molecule has 0 unspecified atom stereocenters. The Hall–Kier alpha value is -2.61. The first-order chi connectivity index (χ1) is 13.2. The van der Waals surface area contributed by atoms with E-state index in [1.807, 2.05) is 0 Å². The first kappa shape index (κ1) is 19.2. The highest BCUT2D eigenvalue weighted by Gasteiger charge is 2.20. The summed E-state index contributed by atoms with van der Waals surface area (Å²) in [6.07, 6.45) is 0. The number of aromatic hydroxyl groups is 1. The number of benzene rings is 1. The Labute approximate surface area is 163 Å². The van der Waals surface area contributed by atoms with Gasteiger partial charge in [0.15, 0.2) is 17.5 Å². The topological polar surface area (TPSA) is 69.6 Å². The van der Waals surface area contributed by atoms with Crippen molar-refractivity contribution in [1.82, 2.24) is 10.2 Å². The minimum atomic E-state index is 0.0119. The quantitative estimate of drug-likeness (QED) is 0.603. The molecule has 0 radical (unpaired) electrons. The van der Waals surface area contributed by atoms with Gasteiger partial charge in [0, 0.05) is 39.8 Å². The minimum Gasteiger partial charge on any atom is -0.502 e. The molecular weight excluding hydrogens is 364 g/mol. The molecule has 0 atom stereocenters. The lowest BCUT2D eigenvalue weighted by molar-refractivity contribution is 0.339. The van der Waals surface area contributed by atoms with Crippen LogP contribution in [0.25, 0.3) is 0 Å². The molecule has 3 rings (SSSR count). The molecule has 7 nitrogen and oxygen atoms in total. The molecule has 0 aliphatic carbocycles. The van der Waals surface area contributed by atoms with E-state index in [1.54, 1.807) is 30.5 Å². The normalized spacial score (nSPS) is 15.0. The van der Waals surface area contributed by atoms with Gasteiger partial charge in [0.05, 0.1) is 19.2 Å². The monoisotopic (exact) mass is 390 g/mol. The highest BCUT2D eigenvalue weighted by Crippen LogP contribution is 2.37. The summed E-state index contributed by atoms with van der Waals surface area (Å²) in [5.74, 6) is 1.67. The third kappa shape index (κ3) is 4.39. The van der Waals surface area contributed by atoms with E-state index in [-0.39, 0.29) is 5.75 Å². The van der Waals surface area contributed by atoms with Crippen LogP contribution in [0.5, 0.6) is 17.2 Å². The smallest absolute Gasteiger partial charge is 0.200 e. The third-order valence-corrected chi connectivity index (χ3v) is 5.53. The fourth-order valence-electron chi connectivity index (χ4n) is 3.15. The van der Waals surface area contributed by atoms with Crippen molar-refractivity contribution >= 4 is 22.3 Å². The largest absolute Gasteiger partial charge is 0.502 e. The van der Waals surface area contributed by atoms with Gasteiger partial charge in [-0.3, -0.25) is 4.99 Å². The van der Waals surface area contributed by atoms with E-state index < -0.39 is 0 Å². The maximum atomic E-state index is 10.0. The number of methoxy groups -OCH3 is 2. The Morgan fingerprint density at radius 2 is 1.85 bits per heavy atom. The number of guanidine groups is 1. The van der Waals surface area contributed by atoms with Crippen molar-refractivity contribution in [1.29, 1.82) is 0 Å². The fraction of sp³-hybridized carbons (Fsp3) is 0.421. The Kier molecular flexibility index (Phi) is 6.28. The van der Waals surface area contributed by atoms with Crippen molar-refractivity contribution in [3.8, 4) is 17.2 Å². The Morgan fingerprint density at radius 3 is 2.37 bits per heavy atom. The summed E-state index contributed by atoms with van der Waals surface area (Å²) in [4.78, 5) is 9.09. The van der Waals surface area contributed by atoms with E-state index in [0.29, 0.717) is 18.0 Å². The summed E-state index contributed by atoms with van der Waals surface area (Å²) in [7, 11) is 4.85. The number of anilines is 1. The van der Waals surface area contributed by atoms with E-state index in [2.05, 4.69) is 37.6 Å². The highest BCUT2D eigenvalue weighted by molar-refractivity contribution is 7.14. The Morgan fingerprint density at radius 1 is 1.19 bits per heavy atom. The summed E-state index contributed by atoms with van der Waals surface area (Å²) in [6.45, 7) is 4.34. The molecule has 1 saturated heterocycles. The number of ether oxygens (including phenoxy) is 2. The molecule has 27 heavy (non-hydrogen) atoms. The van der Waals surface area contributed by atoms with Crippen LogP contribution in [0.3, 0.4) is 0 Å². The number of rotatable bonds is 5. The van der Waals surface area contributed by atoms with Gasteiger partial charge >= 0.3 is 0 Å². The van der Waals surface area contributed by atoms with Gasteiger partial charge in [0.25, 0.3) is 0 Å². The van der Waals surface area contributed by atoms with Crippen LogP contribution in [0.15, 0.2) is 34.6 Å². The van der Waals surface area contributed by atoms with Gasteiger partial charge in [-0.15, -0.1) is 11.3 Å². The fourth-order valence-corrected chi connectivity index (χ4v) is 3.94. The van der Waals surface area contributed by atoms with E-state index in [0.717, 1.165) is 37.7 Å². The number of phenolic OH excluding ortho intramolecular Hbond substituents is 1. The van der Waals surface area contributed by atoms with Crippen LogP contribution in [-0.4, -0.2) is 63.4 Å². The molecule has 1 aromatic carbocycles. The Bertz CT molecular complexity index is 746. The Balaban J connectivity index is 1.60. The number of hydrogen-bond donors (Lipinski definition) is 2. The summed E-state index contributed by atoms with van der Waals surface area (Å²) in [5, 5.41) is 16.9. The molecule has 1 aromatic heterocycles. The molecule has 0 spiro atoms. The van der Waals surface area contributed by atoms with Crippen LogP contribution in [0.4, 0.5) is 5.00 Å². The van der Waals surface area contributed by atoms with E-state index in [1.165, 1.54) is 19.2 Å². The number of piperazine rings is 1. The number of nitrogens with one attached hydrogen (secondary N) is 1. The summed E-state index contributed by atoms with van der Waals surface area (Å²) >= 11 is 1.78. The van der Waals surface area contributed by atoms with Crippen molar-refractivity contribution in [2.24, 2.45) is 4.99 Å². The maximum absolute atomic E-state index is 10.0. The van der Waals surface area contributed by atoms with Gasteiger partial charge < -0.3 is 29.7 Å². The number of thiophene rings is 1. The number of nitrogens with zero attached hydrogens (tertiary/aromatic N) is 3. The summed E-state index contributed by atoms with van der Waals surface area (Å²) in [5.41, 5.74) is 0.944. The zero-order chi connectivity index (χ0) is 19.2. The maximum Gasteiger partial charge on any atom is 0.200 e. The molecule has 1 aliphatic rings. The van der Waals surface area contributed by atoms with Gasteiger partial charge in [0.1, 0.15) is 0 Å². The summed E-state index contributed by atoms with van der Waals surface area (Å²) in [6, 6.07) is 7.85. The highest BCUT2D eigenvalue weighted by atomic mass is 32.1. The van der Waals surface area contributed by atoms with Crippen molar-refractivity contribution in [3.63, 3.8) is 0 Å². The first-order valence-electron chi connectivity index (χ1n) is 8.84. The zero-order valence-electron chi connectivity index (χ0n) is 15.9. The van der Waals surface area contributed by atoms with Crippen molar-refractivity contribution in [3.05, 3.63) is 35.2 Å². The second-order valence-electron chi connectivity index (χ2n) is 6.18. The lowest BCUT2D eigenvalue weighted by Crippen LogP contribution is -2.52. The number of hydrogen-bond acceptors (Lipinski definition) is 6. The van der Waals surface area contributed by atoms with Crippen LogP contribution in [0.1, 0.15) is 5.56 Å². The predicted octanol–water partition coefficient (Wildman–Crippen LogP) is 2.37. The van der Waals surface area contributed by atoms with Gasteiger partial charge in [-0.1, -0.05) is 0 Å². The van der Waals surface area contributed by atoms with E-state index in [4.69, 9.17) is 9.47 Å². The average molecular weight is 391 g/mol. The van der Waals surface area contributed by atoms with Crippen molar-refractivity contribution in [2.45, 2.75) is 6.54 Å². The van der Waals surface area contributed by atoms with Crippen LogP contribution >= 0.6 is 11.3 Å². The molecule has 2 aromatic rings. The number of aliphatic imine (C=N–C) groups is 1. The molecule has 8 heteroatoms. The van der Waals surface area contributed by atoms with Crippen LogP contribution < -0.4 is 19.7 Å². The van der Waals surface area contributed by atoms with Crippen LogP contribution in [0.2, 0.25) is 0 Å². The lowest BCUT2D eigenvalue weighted by Gasteiger charge is -2.37. The summed E-state index contributed by atoms with van der Waals surface area (Å²) < 4.78 is 10.4. The van der Waals surface area contributed by atoms with Gasteiger partial charge in [-0.2, -0.15) is 0 Å². The average Bonchev–Trinajstić information content (AvgIpc) is 3.24. The molecular formula is C19H26N4O3S. The minimum absolute atomic E-state index is 0.0119. The van der Waals surface area contributed by atoms with Gasteiger partial charge in [0.2, 0.25) is 5.75 Å². The molecule has 0 saturated carbocycles. The molecule has 1 fully saturated rings. The number of phenols is 1. The second-order valence-corrected chi connectivity index (χ2v) is 7.10. The predicted molar refractivity (Wildman–Crippen MR) is 110 cm³/mol. The molecule has 2 heterocycles. The van der Waals surface area contributed by atoms with Crippen LogP contribution in [-0.2, 0) is 6.54 Å². The molecule has 1 aliphatic heterocycles. The molecule has 2 N–H and O–H groups in total. The molecule has 146 valence electrons. The van der Waals surface area contributed by atoms with Gasteiger partial charge in [-0.05, 0) is 35.2 Å². The zero-order valence-corrected chi connectivity index (χ0v) is 16.8. The van der Waals surface area contributed by atoms with Crippen LogP contribution in [0, 0.1) is 0 Å². The molecule has 0 amide bonds. The molecule has 0 bridgehead atoms. The first-order valence-corrected chi connectivity index (χ1v) is 9.72. The standard InChI is InChI=1S/C19H26N4O3S/c1-20-19(23-8-6-22(7-9-23)17-5-4-10-27-17)21-13-14-11-15(25-2)18(24)16(12-14)26-3/h4-5,10-12,24H,6-9,13H2,1-3H3,(H,20,21). The van der Waals surface area contributed by atoms with E-state index in [9.17, 15) is 5.11 Å². The third-order valence-electron chi connectivity index (χ3n) is 4.60. The van der Waals surface area contributed by atoms with Gasteiger partial charge in [-0.25, -0.2) is 0 Å². The van der Waals surface area contributed by atoms with E-state index >= 15 is 0 Å². The van der Waals surface area contributed by atoms with Crippen molar-refractivity contribution in [2.75, 3.05) is 52.3 Å². The second kappa shape index (κ2) is 8.85. The SMILES string of the molecule is CN=C(NCc1cc(OC)c(O)c(OC)c1)N1CCN(c2cccs2)CC1. The lowest BCUT2D eigenvalue weighted by atomic mass is 10.2.